The Bertz CT molecular complexity index is 989. The highest BCUT2D eigenvalue weighted by Gasteiger charge is 2.21. The van der Waals surface area contributed by atoms with Crippen molar-refractivity contribution in [1.82, 2.24) is 0 Å². The zero-order chi connectivity index (χ0) is 19.7. The lowest BCUT2D eigenvalue weighted by molar-refractivity contribution is 0.972. The van der Waals surface area contributed by atoms with Crippen LogP contribution in [0, 0.1) is 0 Å². The van der Waals surface area contributed by atoms with E-state index in [9.17, 15) is 0 Å². The highest BCUT2D eigenvalue weighted by atomic mass is 31.1. The molecule has 0 radical (unpaired) electrons. The molecule has 0 fully saturated rings. The number of benzene rings is 4. The molecule has 2 heteroatoms. The maximum absolute atomic E-state index is 5.19. The van der Waals surface area contributed by atoms with Crippen LogP contribution in [0.3, 0.4) is 0 Å². The third kappa shape index (κ3) is 5.08. The first-order valence-corrected chi connectivity index (χ1v) is 11.3. The maximum atomic E-state index is 5.19. The van der Waals surface area contributed by atoms with Gasteiger partial charge < -0.3 is 0 Å². The maximum Gasteiger partial charge on any atom is 0.0737 e. The van der Waals surface area contributed by atoms with Crippen molar-refractivity contribution in [1.29, 1.82) is 0 Å². The zero-order valence-corrected chi connectivity index (χ0v) is 17.3. The number of hydrogen-bond acceptors (Lipinski definition) is 1. The van der Waals surface area contributed by atoms with Gasteiger partial charge >= 0.3 is 0 Å². The third-order valence-corrected chi connectivity index (χ3v) is 7.23. The standard InChI is InChI=1S/C27H24NP/c1-5-13-23(14-6-1)21-22-28-27(24-15-7-2-8-16-24)29(25-17-9-3-10-18-25)26-19-11-4-12-20-26/h1-20H,21-22H2. The van der Waals surface area contributed by atoms with Gasteiger partial charge in [0.05, 0.1) is 5.45 Å². The molecule has 0 aromatic heterocycles. The molecule has 0 amide bonds. The van der Waals surface area contributed by atoms with Gasteiger partial charge in [0.2, 0.25) is 0 Å². The monoisotopic (exact) mass is 393 g/mol. The molecule has 0 bridgehead atoms. The summed E-state index contributed by atoms with van der Waals surface area (Å²) in [5, 5.41) is 2.66. The van der Waals surface area contributed by atoms with E-state index in [2.05, 4.69) is 121 Å². The van der Waals surface area contributed by atoms with Gasteiger partial charge in [-0.05, 0) is 22.6 Å². The second-order valence-corrected chi connectivity index (χ2v) is 8.94. The van der Waals surface area contributed by atoms with Crippen LogP contribution in [-0.4, -0.2) is 12.0 Å². The molecule has 0 heterocycles. The van der Waals surface area contributed by atoms with Crippen LogP contribution in [0.1, 0.15) is 11.1 Å². The SMILES string of the molecule is c1ccc(CCN=C(c2ccccc2)P(c2ccccc2)c2ccccc2)cc1. The highest BCUT2D eigenvalue weighted by Crippen LogP contribution is 2.38. The lowest BCUT2D eigenvalue weighted by Gasteiger charge is -2.21. The summed E-state index contributed by atoms with van der Waals surface area (Å²) in [7, 11) is -0.721. The number of aliphatic imine (C=N–C) groups is 1. The van der Waals surface area contributed by atoms with Gasteiger partial charge in [-0.1, -0.05) is 121 Å². The zero-order valence-electron chi connectivity index (χ0n) is 16.4. The normalized spacial score (nSPS) is 11.6. The molecule has 1 nitrogen and oxygen atoms in total. The summed E-state index contributed by atoms with van der Waals surface area (Å²) in [5.74, 6) is 0. The smallest absolute Gasteiger partial charge is 0.0737 e. The molecular formula is C27H24NP. The molecule has 29 heavy (non-hydrogen) atoms. The molecule has 0 saturated carbocycles. The fourth-order valence-corrected chi connectivity index (χ4v) is 5.74. The Balaban J connectivity index is 1.75. The van der Waals surface area contributed by atoms with Crippen LogP contribution in [0.15, 0.2) is 126 Å². The molecular weight excluding hydrogens is 369 g/mol. The summed E-state index contributed by atoms with van der Waals surface area (Å²) in [6.45, 7) is 0.784. The van der Waals surface area contributed by atoms with Crippen LogP contribution in [0.2, 0.25) is 0 Å². The average molecular weight is 393 g/mol. The molecule has 0 N–H and O–H groups in total. The van der Waals surface area contributed by atoms with Crippen LogP contribution in [0.5, 0.6) is 0 Å². The molecule has 4 aromatic carbocycles. The van der Waals surface area contributed by atoms with Crippen molar-refractivity contribution in [2.24, 2.45) is 4.99 Å². The van der Waals surface area contributed by atoms with E-state index >= 15 is 0 Å². The van der Waals surface area contributed by atoms with E-state index < -0.39 is 7.92 Å². The number of nitrogens with zero attached hydrogens (tertiary/aromatic N) is 1. The minimum atomic E-state index is -0.721. The van der Waals surface area contributed by atoms with E-state index in [1.807, 2.05) is 0 Å². The molecule has 0 aliphatic heterocycles. The summed E-state index contributed by atoms with van der Waals surface area (Å²) in [4.78, 5) is 5.19. The predicted molar refractivity (Wildman–Crippen MR) is 127 cm³/mol. The minimum Gasteiger partial charge on any atom is -0.283 e. The van der Waals surface area contributed by atoms with Gasteiger partial charge in [-0.15, -0.1) is 0 Å². The third-order valence-electron chi connectivity index (χ3n) is 4.78. The highest BCUT2D eigenvalue weighted by molar-refractivity contribution is 7.88. The van der Waals surface area contributed by atoms with E-state index in [-0.39, 0.29) is 0 Å². The van der Waals surface area contributed by atoms with Crippen molar-refractivity contribution in [3.8, 4) is 0 Å². The van der Waals surface area contributed by atoms with Gasteiger partial charge in [0, 0.05) is 20.0 Å². The average Bonchev–Trinajstić information content (AvgIpc) is 2.81. The predicted octanol–water partition coefficient (Wildman–Crippen LogP) is 5.81. The molecule has 0 saturated heterocycles. The Morgan fingerprint density at radius 2 is 1.00 bits per heavy atom. The molecule has 0 spiro atoms. The Kier molecular flexibility index (Phi) is 6.63. The van der Waals surface area contributed by atoms with Crippen molar-refractivity contribution in [3.05, 3.63) is 132 Å². The summed E-state index contributed by atoms with van der Waals surface area (Å²) >= 11 is 0. The Morgan fingerprint density at radius 3 is 1.52 bits per heavy atom. The van der Waals surface area contributed by atoms with Crippen molar-refractivity contribution in [2.75, 3.05) is 6.54 Å². The quantitative estimate of drug-likeness (QED) is 0.278. The molecule has 4 rings (SSSR count). The van der Waals surface area contributed by atoms with Crippen LogP contribution in [0.25, 0.3) is 0 Å². The van der Waals surface area contributed by atoms with Gasteiger partial charge in [0.15, 0.2) is 0 Å². The fourth-order valence-electron chi connectivity index (χ4n) is 3.36. The molecule has 0 aliphatic rings. The van der Waals surface area contributed by atoms with Gasteiger partial charge in [-0.3, -0.25) is 4.99 Å². The number of rotatable bonds is 7. The van der Waals surface area contributed by atoms with E-state index in [0.29, 0.717) is 0 Å². The lowest BCUT2D eigenvalue weighted by atomic mass is 10.1. The summed E-state index contributed by atoms with van der Waals surface area (Å²) < 4.78 is 0. The number of hydrogen-bond donors (Lipinski definition) is 0. The van der Waals surface area contributed by atoms with Gasteiger partial charge in [0.25, 0.3) is 0 Å². The van der Waals surface area contributed by atoms with Crippen LogP contribution in [0.4, 0.5) is 0 Å². The van der Waals surface area contributed by atoms with E-state index in [1.54, 1.807) is 0 Å². The molecule has 0 atom stereocenters. The topological polar surface area (TPSA) is 12.4 Å². The largest absolute Gasteiger partial charge is 0.283 e. The van der Waals surface area contributed by atoms with Crippen LogP contribution in [-0.2, 0) is 6.42 Å². The van der Waals surface area contributed by atoms with E-state index in [0.717, 1.165) is 13.0 Å². The summed E-state index contributed by atoms with van der Waals surface area (Å²) in [5.41, 5.74) is 3.72. The van der Waals surface area contributed by atoms with Crippen molar-refractivity contribution >= 4 is 24.0 Å². The Hall–Kier alpha value is -3.02. The first-order chi connectivity index (χ1) is 14.4. The molecule has 142 valence electrons. The second kappa shape index (κ2) is 9.96. The first kappa shape index (κ1) is 19.3. The molecule has 0 unspecified atom stereocenters. The molecule has 4 aromatic rings. The van der Waals surface area contributed by atoms with Crippen LogP contribution < -0.4 is 10.6 Å². The summed E-state index contributed by atoms with van der Waals surface area (Å²) in [6.07, 6.45) is 0.948. The van der Waals surface area contributed by atoms with Crippen molar-refractivity contribution < 1.29 is 0 Å². The van der Waals surface area contributed by atoms with Gasteiger partial charge in [-0.2, -0.15) is 0 Å². The van der Waals surface area contributed by atoms with Crippen molar-refractivity contribution in [3.63, 3.8) is 0 Å². The van der Waals surface area contributed by atoms with Gasteiger partial charge in [0.1, 0.15) is 0 Å². The van der Waals surface area contributed by atoms with Crippen LogP contribution >= 0.6 is 7.92 Å². The minimum absolute atomic E-state index is 0.721. The fraction of sp³-hybridized carbons (Fsp3) is 0.0741. The molecule has 0 aliphatic carbocycles. The summed E-state index contributed by atoms with van der Waals surface area (Å²) in [6, 6.07) is 42.8. The Morgan fingerprint density at radius 1 is 0.552 bits per heavy atom. The van der Waals surface area contributed by atoms with E-state index in [4.69, 9.17) is 4.99 Å². The second-order valence-electron chi connectivity index (χ2n) is 6.81. The lowest BCUT2D eigenvalue weighted by Crippen LogP contribution is -2.19. The van der Waals surface area contributed by atoms with E-state index in [1.165, 1.54) is 27.2 Å². The van der Waals surface area contributed by atoms with Crippen molar-refractivity contribution in [2.45, 2.75) is 6.42 Å². The van der Waals surface area contributed by atoms with Gasteiger partial charge in [-0.25, -0.2) is 0 Å². The Labute approximate surface area is 174 Å². The first-order valence-electron chi connectivity index (χ1n) is 9.96.